The molecule has 1 saturated heterocycles. The monoisotopic (exact) mass is 195 g/mol. The smallest absolute Gasteiger partial charge is 0.381 e. The summed E-state index contributed by atoms with van der Waals surface area (Å²) in [6, 6.07) is 0.586. The molecular weight excluding hydrogens is 178 g/mol. The molecular formula is C11H17NO2. The Morgan fingerprint density at radius 2 is 2.00 bits per heavy atom. The van der Waals surface area contributed by atoms with Crippen molar-refractivity contribution in [3.63, 3.8) is 0 Å². The second-order valence-corrected chi connectivity index (χ2v) is 3.98. The van der Waals surface area contributed by atoms with E-state index in [-0.39, 0.29) is 5.92 Å². The molecule has 0 bridgehead atoms. The largest absolute Gasteiger partial charge is 0.472 e. The van der Waals surface area contributed by atoms with Gasteiger partial charge in [-0.3, -0.25) is 0 Å². The third-order valence-electron chi connectivity index (χ3n) is 2.64. The lowest BCUT2D eigenvalue weighted by molar-refractivity contribution is -0.130. The molecule has 0 spiro atoms. The summed E-state index contributed by atoms with van der Waals surface area (Å²) in [7, 11) is 0. The molecule has 78 valence electrons. The van der Waals surface area contributed by atoms with E-state index in [0.29, 0.717) is 6.04 Å². The van der Waals surface area contributed by atoms with Crippen LogP contribution in [0.5, 0.6) is 0 Å². The molecule has 1 rings (SSSR count). The zero-order chi connectivity index (χ0) is 10.6. The highest BCUT2D eigenvalue weighted by atomic mass is 16.4. The molecule has 1 fully saturated rings. The average Bonchev–Trinajstić information content (AvgIpc) is 2.15. The summed E-state index contributed by atoms with van der Waals surface area (Å²) < 4.78 is 0. The van der Waals surface area contributed by atoms with Crippen molar-refractivity contribution in [2.45, 2.75) is 32.7 Å². The number of carbonyl (C=O) groups is 1. The van der Waals surface area contributed by atoms with Crippen LogP contribution in [0.15, 0.2) is 0 Å². The van der Waals surface area contributed by atoms with Gasteiger partial charge in [-0.2, -0.15) is 0 Å². The molecule has 3 heteroatoms. The number of nitrogens with zero attached hydrogens (tertiary/aromatic N) is 1. The van der Waals surface area contributed by atoms with E-state index >= 15 is 0 Å². The number of piperidine rings is 1. The van der Waals surface area contributed by atoms with Gasteiger partial charge in [-0.1, -0.05) is 5.92 Å². The number of aliphatic carboxylic acids is 1. The van der Waals surface area contributed by atoms with Gasteiger partial charge < -0.3 is 10.0 Å². The molecule has 0 aromatic heterocycles. The quantitative estimate of drug-likeness (QED) is 0.639. The first-order valence-electron chi connectivity index (χ1n) is 5.08. The van der Waals surface area contributed by atoms with Gasteiger partial charge in [-0.05, 0) is 39.8 Å². The fourth-order valence-electron chi connectivity index (χ4n) is 1.72. The Labute approximate surface area is 85.1 Å². The van der Waals surface area contributed by atoms with Crippen LogP contribution in [0, 0.1) is 17.8 Å². The highest BCUT2D eigenvalue weighted by Gasteiger charge is 2.19. The van der Waals surface area contributed by atoms with Crippen molar-refractivity contribution >= 4 is 5.97 Å². The van der Waals surface area contributed by atoms with Crippen molar-refractivity contribution in [1.29, 1.82) is 0 Å². The van der Waals surface area contributed by atoms with Crippen molar-refractivity contribution in [2.75, 3.05) is 13.1 Å². The van der Waals surface area contributed by atoms with Gasteiger partial charge in [-0.15, -0.1) is 0 Å². The van der Waals surface area contributed by atoms with Crippen LogP contribution < -0.4 is 0 Å². The van der Waals surface area contributed by atoms with Gasteiger partial charge in [-0.25, -0.2) is 4.79 Å². The third-order valence-corrected chi connectivity index (χ3v) is 2.64. The molecule has 0 atom stereocenters. The molecule has 0 aliphatic carbocycles. The van der Waals surface area contributed by atoms with Crippen LogP contribution in [0.1, 0.15) is 26.7 Å². The van der Waals surface area contributed by atoms with Crippen LogP contribution in [0.4, 0.5) is 0 Å². The number of rotatable bonds is 1. The van der Waals surface area contributed by atoms with Crippen molar-refractivity contribution in [2.24, 2.45) is 5.92 Å². The van der Waals surface area contributed by atoms with E-state index in [1.54, 1.807) is 0 Å². The van der Waals surface area contributed by atoms with Crippen molar-refractivity contribution < 1.29 is 9.90 Å². The summed E-state index contributed by atoms with van der Waals surface area (Å²) in [6.07, 6.45) is 2.00. The Hall–Kier alpha value is -1.01. The van der Waals surface area contributed by atoms with Crippen molar-refractivity contribution in [1.82, 2.24) is 4.90 Å². The van der Waals surface area contributed by atoms with Crippen molar-refractivity contribution in [3.8, 4) is 11.8 Å². The summed E-state index contributed by atoms with van der Waals surface area (Å²) in [5.41, 5.74) is 0. The summed E-state index contributed by atoms with van der Waals surface area (Å²) in [4.78, 5) is 12.6. The van der Waals surface area contributed by atoms with E-state index in [1.807, 2.05) is 0 Å². The summed E-state index contributed by atoms with van der Waals surface area (Å²) in [5.74, 6) is 4.27. The van der Waals surface area contributed by atoms with Gasteiger partial charge in [0.25, 0.3) is 0 Å². The van der Waals surface area contributed by atoms with E-state index < -0.39 is 5.97 Å². The lowest BCUT2D eigenvalue weighted by Gasteiger charge is -2.32. The lowest BCUT2D eigenvalue weighted by Crippen LogP contribution is -2.38. The first kappa shape index (κ1) is 11.1. The standard InChI is InChI=1S/C11H17NO2/c1-9(2)12-7-5-10(6-8-12)3-4-11(13)14/h9-10H,5-8H2,1-2H3,(H,13,14). The molecule has 3 nitrogen and oxygen atoms in total. The zero-order valence-corrected chi connectivity index (χ0v) is 8.79. The molecule has 0 aromatic carbocycles. The molecule has 0 unspecified atom stereocenters. The summed E-state index contributed by atoms with van der Waals surface area (Å²) in [6.45, 7) is 6.44. The minimum absolute atomic E-state index is 0.279. The minimum Gasteiger partial charge on any atom is -0.472 e. The van der Waals surface area contributed by atoms with Crippen LogP contribution in [0.25, 0.3) is 0 Å². The molecule has 14 heavy (non-hydrogen) atoms. The average molecular weight is 195 g/mol. The van der Waals surface area contributed by atoms with Gasteiger partial charge in [0.2, 0.25) is 0 Å². The molecule has 1 aliphatic rings. The van der Waals surface area contributed by atoms with Gasteiger partial charge in [0.1, 0.15) is 0 Å². The van der Waals surface area contributed by atoms with Crippen LogP contribution in [-0.2, 0) is 4.79 Å². The van der Waals surface area contributed by atoms with E-state index in [9.17, 15) is 4.79 Å². The predicted molar refractivity (Wildman–Crippen MR) is 54.8 cm³/mol. The van der Waals surface area contributed by atoms with Gasteiger partial charge >= 0.3 is 5.97 Å². The maximum Gasteiger partial charge on any atom is 0.381 e. The highest BCUT2D eigenvalue weighted by molar-refractivity contribution is 5.86. The summed E-state index contributed by atoms with van der Waals surface area (Å²) in [5, 5.41) is 8.40. The van der Waals surface area contributed by atoms with Gasteiger partial charge in [0.15, 0.2) is 0 Å². The molecule has 0 aromatic rings. The van der Waals surface area contributed by atoms with E-state index in [2.05, 4.69) is 30.6 Å². The Kier molecular flexibility index (Phi) is 3.97. The topological polar surface area (TPSA) is 40.5 Å². The number of carboxylic acid groups (broad SMARTS) is 1. The lowest BCUT2D eigenvalue weighted by atomic mass is 9.97. The Balaban J connectivity index is 2.37. The molecule has 0 radical (unpaired) electrons. The second-order valence-electron chi connectivity index (χ2n) is 3.98. The first-order chi connectivity index (χ1) is 6.59. The predicted octanol–water partition coefficient (Wildman–Crippen LogP) is 1.19. The summed E-state index contributed by atoms with van der Waals surface area (Å²) >= 11 is 0. The van der Waals surface area contributed by atoms with Crippen LogP contribution in [0.3, 0.4) is 0 Å². The normalized spacial score (nSPS) is 19.1. The Morgan fingerprint density at radius 3 is 2.43 bits per heavy atom. The van der Waals surface area contributed by atoms with Gasteiger partial charge in [0, 0.05) is 17.9 Å². The van der Waals surface area contributed by atoms with Crippen LogP contribution >= 0.6 is 0 Å². The number of hydrogen-bond acceptors (Lipinski definition) is 2. The number of hydrogen-bond donors (Lipinski definition) is 1. The Morgan fingerprint density at radius 1 is 1.43 bits per heavy atom. The third kappa shape index (κ3) is 3.39. The number of carboxylic acids is 1. The Bertz CT molecular complexity index is 254. The molecule has 1 heterocycles. The second kappa shape index (κ2) is 5.02. The first-order valence-corrected chi connectivity index (χ1v) is 5.08. The molecule has 0 amide bonds. The fourth-order valence-corrected chi connectivity index (χ4v) is 1.72. The maximum atomic E-state index is 10.2. The van der Waals surface area contributed by atoms with Crippen LogP contribution in [-0.4, -0.2) is 35.1 Å². The minimum atomic E-state index is -1.02. The highest BCUT2D eigenvalue weighted by Crippen LogP contribution is 2.17. The van der Waals surface area contributed by atoms with Gasteiger partial charge in [0.05, 0.1) is 0 Å². The maximum absolute atomic E-state index is 10.2. The molecule has 1 N–H and O–H groups in total. The van der Waals surface area contributed by atoms with E-state index in [1.165, 1.54) is 0 Å². The van der Waals surface area contributed by atoms with E-state index in [0.717, 1.165) is 25.9 Å². The SMILES string of the molecule is CC(C)N1CCC(C#CC(=O)O)CC1. The number of likely N-dealkylation sites (tertiary alicyclic amines) is 1. The molecule has 0 saturated carbocycles. The van der Waals surface area contributed by atoms with Crippen LogP contribution in [0.2, 0.25) is 0 Å². The molecule has 1 aliphatic heterocycles. The zero-order valence-electron chi connectivity index (χ0n) is 8.79. The fraction of sp³-hybridized carbons (Fsp3) is 0.727. The van der Waals surface area contributed by atoms with E-state index in [4.69, 9.17) is 5.11 Å². The van der Waals surface area contributed by atoms with Crippen molar-refractivity contribution in [3.05, 3.63) is 0 Å².